The third kappa shape index (κ3) is 4.04. The molecule has 1 fully saturated rings. The van der Waals surface area contributed by atoms with Crippen LogP contribution < -0.4 is 10.6 Å². The molecule has 19 heavy (non-hydrogen) atoms. The highest BCUT2D eigenvalue weighted by Crippen LogP contribution is 2.13. The minimum Gasteiger partial charge on any atom is -0.379 e. The number of nitrogens with one attached hydrogen (secondary N) is 2. The average molecular weight is 266 g/mol. The molecule has 1 aromatic rings. The summed E-state index contributed by atoms with van der Waals surface area (Å²) in [5.74, 6) is -0.0116. The number of carbonyl (C=O) groups excluding carboxylic acids is 1. The van der Waals surface area contributed by atoms with Crippen molar-refractivity contribution in [1.82, 2.24) is 20.4 Å². The second-order valence-corrected chi connectivity index (χ2v) is 4.76. The van der Waals surface area contributed by atoms with Crippen molar-refractivity contribution in [3.63, 3.8) is 0 Å². The van der Waals surface area contributed by atoms with E-state index in [0.29, 0.717) is 26.3 Å². The van der Waals surface area contributed by atoms with Crippen molar-refractivity contribution in [1.29, 1.82) is 0 Å². The van der Waals surface area contributed by atoms with Crippen LogP contribution in [0, 0.1) is 5.92 Å². The molecular weight excluding hydrogens is 244 g/mol. The Balaban J connectivity index is 1.72. The smallest absolute Gasteiger partial charge is 0.227 e. The number of hydrogen-bond acceptors (Lipinski definition) is 4. The lowest BCUT2D eigenvalue weighted by molar-refractivity contribution is -0.125. The van der Waals surface area contributed by atoms with Crippen LogP contribution >= 0.6 is 0 Å². The predicted octanol–water partition coefficient (Wildman–Crippen LogP) is 0.0139. The van der Waals surface area contributed by atoms with E-state index in [1.165, 1.54) is 0 Å². The summed E-state index contributed by atoms with van der Waals surface area (Å²) in [4.78, 5) is 12.1. The molecule has 0 aliphatic carbocycles. The van der Waals surface area contributed by atoms with Gasteiger partial charge in [-0.25, -0.2) is 0 Å². The predicted molar refractivity (Wildman–Crippen MR) is 71.6 cm³/mol. The molecule has 0 saturated carbocycles. The first kappa shape index (κ1) is 14.0. The molecule has 0 radical (unpaired) electrons. The molecule has 2 N–H and O–H groups in total. The zero-order chi connectivity index (χ0) is 13.5. The molecule has 0 bridgehead atoms. The van der Waals surface area contributed by atoms with Crippen LogP contribution in [0.25, 0.3) is 0 Å². The van der Waals surface area contributed by atoms with Crippen molar-refractivity contribution in [3.05, 3.63) is 18.5 Å². The van der Waals surface area contributed by atoms with Gasteiger partial charge in [-0.3, -0.25) is 9.48 Å². The van der Waals surface area contributed by atoms with E-state index < -0.39 is 0 Å². The largest absolute Gasteiger partial charge is 0.379 e. The summed E-state index contributed by atoms with van der Waals surface area (Å²) in [7, 11) is 0. The first-order valence-electron chi connectivity index (χ1n) is 6.87. The first-order valence-corrected chi connectivity index (χ1v) is 6.87. The molecule has 0 aromatic carbocycles. The topological polar surface area (TPSA) is 68.2 Å². The molecule has 1 saturated heterocycles. The van der Waals surface area contributed by atoms with Gasteiger partial charge in [-0.15, -0.1) is 0 Å². The summed E-state index contributed by atoms with van der Waals surface area (Å²) in [5.41, 5.74) is 0. The molecule has 2 atom stereocenters. The normalized spacial score (nSPS) is 22.6. The molecule has 1 amide bonds. The third-order valence-corrected chi connectivity index (χ3v) is 3.27. The first-order chi connectivity index (χ1) is 9.31. The van der Waals surface area contributed by atoms with E-state index in [4.69, 9.17) is 4.74 Å². The van der Waals surface area contributed by atoms with Crippen molar-refractivity contribution in [2.24, 2.45) is 5.92 Å². The van der Waals surface area contributed by atoms with E-state index in [2.05, 4.69) is 22.7 Å². The van der Waals surface area contributed by atoms with Crippen LogP contribution in [0.2, 0.25) is 0 Å². The van der Waals surface area contributed by atoms with Gasteiger partial charge in [0, 0.05) is 25.0 Å². The molecule has 6 heteroatoms. The highest BCUT2D eigenvalue weighted by atomic mass is 16.5. The fourth-order valence-electron chi connectivity index (χ4n) is 2.20. The lowest BCUT2D eigenvalue weighted by Gasteiger charge is -2.18. The number of rotatable bonds is 7. The number of hydrogen-bond donors (Lipinski definition) is 2. The van der Waals surface area contributed by atoms with Gasteiger partial charge in [-0.2, -0.15) is 5.10 Å². The summed E-state index contributed by atoms with van der Waals surface area (Å²) in [6, 6.07) is 2.02. The average Bonchev–Trinajstić information content (AvgIpc) is 3.07. The lowest BCUT2D eigenvalue weighted by atomic mass is 10.0. The maximum atomic E-state index is 12.1. The summed E-state index contributed by atoms with van der Waals surface area (Å²) >= 11 is 0. The summed E-state index contributed by atoms with van der Waals surface area (Å²) in [5, 5.41) is 10.4. The Morgan fingerprint density at radius 2 is 2.37 bits per heavy atom. The second kappa shape index (κ2) is 7.25. The van der Waals surface area contributed by atoms with Crippen LogP contribution in [-0.4, -0.2) is 48.0 Å². The van der Waals surface area contributed by atoms with E-state index in [9.17, 15) is 4.79 Å². The standard InChI is InChI=1S/C13H22N4O2/c1-2-4-14-12-10-19-9-11(12)13(18)15-6-8-17-7-3-5-16-17/h3,5,7,11-12,14H,2,4,6,8-10H2,1H3,(H,15,18). The molecule has 1 aliphatic rings. The molecule has 0 spiro atoms. The van der Waals surface area contributed by atoms with Gasteiger partial charge < -0.3 is 15.4 Å². The van der Waals surface area contributed by atoms with Crippen molar-refractivity contribution in [2.75, 3.05) is 26.3 Å². The van der Waals surface area contributed by atoms with Gasteiger partial charge in [0.2, 0.25) is 5.91 Å². The van der Waals surface area contributed by atoms with E-state index in [1.54, 1.807) is 10.9 Å². The van der Waals surface area contributed by atoms with Crippen LogP contribution in [0.4, 0.5) is 0 Å². The molecule has 6 nitrogen and oxygen atoms in total. The summed E-state index contributed by atoms with van der Waals surface area (Å²) in [6.07, 6.45) is 4.68. The van der Waals surface area contributed by atoms with Gasteiger partial charge >= 0.3 is 0 Å². The zero-order valence-electron chi connectivity index (χ0n) is 11.3. The minimum absolute atomic E-state index is 0.0678. The Hall–Kier alpha value is -1.40. The van der Waals surface area contributed by atoms with Crippen molar-refractivity contribution in [2.45, 2.75) is 25.9 Å². The Bertz CT molecular complexity index is 380. The van der Waals surface area contributed by atoms with Gasteiger partial charge in [0.15, 0.2) is 0 Å². The highest BCUT2D eigenvalue weighted by Gasteiger charge is 2.33. The monoisotopic (exact) mass is 266 g/mol. The molecule has 2 unspecified atom stereocenters. The quantitative estimate of drug-likeness (QED) is 0.730. The van der Waals surface area contributed by atoms with E-state index in [1.807, 2.05) is 12.3 Å². The molecule has 2 rings (SSSR count). The number of amides is 1. The number of carbonyl (C=O) groups is 1. The van der Waals surface area contributed by atoms with Crippen LogP contribution in [0.3, 0.4) is 0 Å². The lowest BCUT2D eigenvalue weighted by Crippen LogP contribution is -2.44. The minimum atomic E-state index is -0.0795. The fourth-order valence-corrected chi connectivity index (χ4v) is 2.20. The SMILES string of the molecule is CCCNC1COCC1C(=O)NCCn1cccn1. The Labute approximate surface area is 113 Å². The molecular formula is C13H22N4O2. The molecule has 106 valence electrons. The summed E-state index contributed by atoms with van der Waals surface area (Å²) < 4.78 is 7.20. The van der Waals surface area contributed by atoms with Crippen molar-refractivity contribution >= 4 is 5.91 Å². The molecule has 2 heterocycles. The Morgan fingerprint density at radius 1 is 1.47 bits per heavy atom. The van der Waals surface area contributed by atoms with Crippen LogP contribution in [-0.2, 0) is 16.1 Å². The van der Waals surface area contributed by atoms with E-state index in [0.717, 1.165) is 13.0 Å². The van der Waals surface area contributed by atoms with Crippen LogP contribution in [0.15, 0.2) is 18.5 Å². The van der Waals surface area contributed by atoms with E-state index >= 15 is 0 Å². The van der Waals surface area contributed by atoms with Gasteiger partial charge in [-0.1, -0.05) is 6.92 Å². The third-order valence-electron chi connectivity index (χ3n) is 3.27. The maximum absolute atomic E-state index is 12.1. The van der Waals surface area contributed by atoms with Crippen molar-refractivity contribution in [3.8, 4) is 0 Å². The van der Waals surface area contributed by atoms with Gasteiger partial charge in [0.05, 0.1) is 25.7 Å². The molecule has 1 aromatic heterocycles. The number of ether oxygens (including phenoxy) is 1. The second-order valence-electron chi connectivity index (χ2n) is 4.76. The van der Waals surface area contributed by atoms with Crippen molar-refractivity contribution < 1.29 is 9.53 Å². The van der Waals surface area contributed by atoms with Gasteiger partial charge in [-0.05, 0) is 19.0 Å². The Morgan fingerprint density at radius 3 is 3.11 bits per heavy atom. The maximum Gasteiger partial charge on any atom is 0.227 e. The van der Waals surface area contributed by atoms with Crippen LogP contribution in [0.1, 0.15) is 13.3 Å². The number of aromatic nitrogens is 2. The Kier molecular flexibility index (Phi) is 5.35. The van der Waals surface area contributed by atoms with Crippen LogP contribution in [0.5, 0.6) is 0 Å². The highest BCUT2D eigenvalue weighted by molar-refractivity contribution is 5.79. The molecule has 1 aliphatic heterocycles. The fraction of sp³-hybridized carbons (Fsp3) is 0.692. The van der Waals surface area contributed by atoms with E-state index in [-0.39, 0.29) is 17.9 Å². The zero-order valence-corrected chi connectivity index (χ0v) is 11.3. The van der Waals surface area contributed by atoms with Gasteiger partial charge in [0.25, 0.3) is 0 Å². The van der Waals surface area contributed by atoms with Gasteiger partial charge in [0.1, 0.15) is 0 Å². The number of nitrogens with zero attached hydrogens (tertiary/aromatic N) is 2. The summed E-state index contributed by atoms with van der Waals surface area (Å²) in [6.45, 7) is 5.45.